The van der Waals surface area contributed by atoms with Crippen molar-refractivity contribution < 1.29 is 9.90 Å². The molecule has 0 radical (unpaired) electrons. The van der Waals surface area contributed by atoms with Crippen LogP contribution in [0.5, 0.6) is 0 Å². The number of imidazole rings is 1. The highest BCUT2D eigenvalue weighted by Gasteiger charge is 2.37. The summed E-state index contributed by atoms with van der Waals surface area (Å²) in [6.07, 6.45) is 3.12. The summed E-state index contributed by atoms with van der Waals surface area (Å²) in [5, 5.41) is 13.0. The number of carbonyl (C=O) groups is 1. The maximum Gasteiger partial charge on any atom is 0.270 e. The molecule has 0 spiro atoms. The van der Waals surface area contributed by atoms with Crippen molar-refractivity contribution in [2.24, 2.45) is 0 Å². The second kappa shape index (κ2) is 5.33. The third kappa shape index (κ3) is 3.13. The van der Waals surface area contributed by atoms with Gasteiger partial charge in [-0.1, -0.05) is 18.2 Å². The Balaban J connectivity index is 2.29. The first-order valence-corrected chi connectivity index (χ1v) is 6.85. The van der Waals surface area contributed by atoms with Gasteiger partial charge in [0.2, 0.25) is 0 Å². The van der Waals surface area contributed by atoms with Gasteiger partial charge in [0.05, 0.1) is 23.7 Å². The average Bonchev–Trinajstić information content (AvgIpc) is 2.87. The zero-order valence-electron chi connectivity index (χ0n) is 12.8. The number of nitrogens with zero attached hydrogens (tertiary/aromatic N) is 2. The van der Waals surface area contributed by atoms with Gasteiger partial charge in [-0.05, 0) is 39.8 Å². The maximum atomic E-state index is 12.5. The number of aliphatic hydroxyl groups is 1. The van der Waals surface area contributed by atoms with E-state index in [4.69, 9.17) is 0 Å². The van der Waals surface area contributed by atoms with E-state index in [9.17, 15) is 9.90 Å². The molecule has 2 rings (SSSR count). The number of para-hydroxylation sites is 1. The fraction of sp³-hybridized carbons (Fsp3) is 0.375. The van der Waals surface area contributed by atoms with Crippen molar-refractivity contribution >= 4 is 5.91 Å². The summed E-state index contributed by atoms with van der Waals surface area (Å²) in [4.78, 5) is 16.5. The van der Waals surface area contributed by atoms with E-state index in [1.165, 1.54) is 6.20 Å². The lowest BCUT2D eigenvalue weighted by Gasteiger charge is -2.37. The number of aromatic nitrogens is 2. The molecule has 1 amide bonds. The van der Waals surface area contributed by atoms with E-state index in [2.05, 4.69) is 10.3 Å². The monoisotopic (exact) mass is 287 g/mol. The summed E-state index contributed by atoms with van der Waals surface area (Å²) < 4.78 is 1.72. The normalized spacial score (nSPS) is 12.2. The minimum absolute atomic E-state index is 0.275. The third-order valence-electron chi connectivity index (χ3n) is 3.86. The molecule has 1 aromatic heterocycles. The van der Waals surface area contributed by atoms with Gasteiger partial charge in [-0.15, -0.1) is 0 Å². The molecular formula is C16H21N3O2. The number of carbonyl (C=O) groups excluding carboxylic acids is 1. The molecule has 5 heteroatoms. The summed E-state index contributed by atoms with van der Waals surface area (Å²) in [7, 11) is 0. The Kier molecular flexibility index (Phi) is 3.87. The van der Waals surface area contributed by atoms with E-state index in [0.29, 0.717) is 5.69 Å². The van der Waals surface area contributed by atoms with Crippen LogP contribution in [0, 0.1) is 0 Å². The van der Waals surface area contributed by atoms with Gasteiger partial charge in [0.15, 0.2) is 0 Å². The second-order valence-corrected chi connectivity index (χ2v) is 6.12. The molecule has 0 aliphatic rings. The molecule has 0 saturated carbocycles. The van der Waals surface area contributed by atoms with Crippen LogP contribution in [0.15, 0.2) is 42.9 Å². The lowest BCUT2D eigenvalue weighted by Crippen LogP contribution is -2.57. The summed E-state index contributed by atoms with van der Waals surface area (Å²) in [6, 6.07) is 9.52. The molecule has 0 bridgehead atoms. The van der Waals surface area contributed by atoms with Crippen LogP contribution in [-0.2, 0) is 0 Å². The lowest BCUT2D eigenvalue weighted by molar-refractivity contribution is -0.00306. The van der Waals surface area contributed by atoms with Gasteiger partial charge >= 0.3 is 0 Å². The van der Waals surface area contributed by atoms with Crippen LogP contribution in [0.25, 0.3) is 5.69 Å². The molecule has 21 heavy (non-hydrogen) atoms. The van der Waals surface area contributed by atoms with Gasteiger partial charge < -0.3 is 10.4 Å². The lowest BCUT2D eigenvalue weighted by atomic mass is 9.86. The third-order valence-corrected chi connectivity index (χ3v) is 3.86. The Labute approximate surface area is 124 Å². The molecule has 0 aliphatic heterocycles. The van der Waals surface area contributed by atoms with Crippen LogP contribution < -0.4 is 5.32 Å². The number of hydrogen-bond donors (Lipinski definition) is 2. The molecule has 2 N–H and O–H groups in total. The highest BCUT2D eigenvalue weighted by Crippen LogP contribution is 2.21. The van der Waals surface area contributed by atoms with E-state index >= 15 is 0 Å². The van der Waals surface area contributed by atoms with Gasteiger partial charge in [-0.25, -0.2) is 4.98 Å². The van der Waals surface area contributed by atoms with Crippen LogP contribution >= 0.6 is 0 Å². The zero-order valence-corrected chi connectivity index (χ0v) is 12.8. The molecule has 0 saturated heterocycles. The van der Waals surface area contributed by atoms with Crippen molar-refractivity contribution in [3.05, 3.63) is 48.5 Å². The second-order valence-electron chi connectivity index (χ2n) is 6.12. The van der Waals surface area contributed by atoms with Crippen molar-refractivity contribution in [1.29, 1.82) is 0 Å². The smallest absolute Gasteiger partial charge is 0.270 e. The van der Waals surface area contributed by atoms with Gasteiger partial charge in [0.25, 0.3) is 5.91 Å². The van der Waals surface area contributed by atoms with E-state index in [1.54, 1.807) is 38.6 Å². The summed E-state index contributed by atoms with van der Waals surface area (Å²) in [5.41, 5.74) is -0.518. The molecule has 0 aliphatic carbocycles. The number of amides is 1. The first-order valence-electron chi connectivity index (χ1n) is 6.85. The van der Waals surface area contributed by atoms with Gasteiger partial charge in [-0.2, -0.15) is 0 Å². The van der Waals surface area contributed by atoms with Gasteiger partial charge in [-0.3, -0.25) is 9.36 Å². The Morgan fingerprint density at radius 2 is 1.81 bits per heavy atom. The van der Waals surface area contributed by atoms with Crippen molar-refractivity contribution in [2.75, 3.05) is 0 Å². The molecule has 1 aromatic carbocycles. The fourth-order valence-electron chi connectivity index (χ4n) is 1.76. The summed E-state index contributed by atoms with van der Waals surface area (Å²) in [5.74, 6) is -0.275. The SMILES string of the molecule is CC(C)(O)C(C)(C)NC(=O)c1cncn1-c1ccccc1. The van der Waals surface area contributed by atoms with Gasteiger partial charge in [0.1, 0.15) is 5.69 Å². The van der Waals surface area contributed by atoms with Gasteiger partial charge in [0, 0.05) is 5.69 Å². The van der Waals surface area contributed by atoms with Crippen molar-refractivity contribution in [3.63, 3.8) is 0 Å². The predicted molar refractivity (Wildman–Crippen MR) is 81.4 cm³/mol. The highest BCUT2D eigenvalue weighted by molar-refractivity contribution is 5.93. The first kappa shape index (κ1) is 15.3. The number of rotatable bonds is 4. The molecular weight excluding hydrogens is 266 g/mol. The quantitative estimate of drug-likeness (QED) is 0.905. The zero-order chi connectivity index (χ0) is 15.7. The van der Waals surface area contributed by atoms with E-state index in [0.717, 1.165) is 5.69 Å². The van der Waals surface area contributed by atoms with Crippen LogP contribution in [0.1, 0.15) is 38.2 Å². The number of nitrogens with one attached hydrogen (secondary N) is 1. The number of hydrogen-bond acceptors (Lipinski definition) is 3. The van der Waals surface area contributed by atoms with E-state index < -0.39 is 11.1 Å². The Morgan fingerprint density at radius 1 is 1.19 bits per heavy atom. The molecule has 2 aromatic rings. The van der Waals surface area contributed by atoms with Crippen LogP contribution in [0.3, 0.4) is 0 Å². The van der Waals surface area contributed by atoms with Crippen molar-refractivity contribution in [3.8, 4) is 5.69 Å². The van der Waals surface area contributed by atoms with E-state index in [1.807, 2.05) is 30.3 Å². The minimum atomic E-state index is -1.04. The average molecular weight is 287 g/mol. The van der Waals surface area contributed by atoms with E-state index in [-0.39, 0.29) is 5.91 Å². The standard InChI is InChI=1S/C16H21N3O2/c1-15(2,16(3,4)21)18-14(20)13-10-17-11-19(13)12-8-6-5-7-9-12/h5-11,21H,1-4H3,(H,18,20). The van der Waals surface area contributed by atoms with Crippen molar-refractivity contribution in [1.82, 2.24) is 14.9 Å². The highest BCUT2D eigenvalue weighted by atomic mass is 16.3. The number of benzene rings is 1. The van der Waals surface area contributed by atoms with Crippen LogP contribution in [-0.4, -0.2) is 31.7 Å². The topological polar surface area (TPSA) is 67.2 Å². The molecule has 112 valence electrons. The first-order chi connectivity index (χ1) is 9.72. The predicted octanol–water partition coefficient (Wildman–Crippen LogP) is 2.15. The largest absolute Gasteiger partial charge is 0.388 e. The molecule has 0 unspecified atom stereocenters. The summed E-state index contributed by atoms with van der Waals surface area (Å²) in [6.45, 7) is 6.91. The minimum Gasteiger partial charge on any atom is -0.388 e. The van der Waals surface area contributed by atoms with Crippen LogP contribution in [0.2, 0.25) is 0 Å². The Bertz CT molecular complexity index is 624. The Hall–Kier alpha value is -2.14. The molecule has 0 atom stereocenters. The molecule has 5 nitrogen and oxygen atoms in total. The summed E-state index contributed by atoms with van der Waals surface area (Å²) >= 11 is 0. The fourth-order valence-corrected chi connectivity index (χ4v) is 1.76. The Morgan fingerprint density at radius 3 is 2.38 bits per heavy atom. The maximum absolute atomic E-state index is 12.5. The van der Waals surface area contributed by atoms with Crippen molar-refractivity contribution in [2.45, 2.75) is 38.8 Å². The molecule has 0 fully saturated rings. The van der Waals surface area contributed by atoms with Crippen LogP contribution in [0.4, 0.5) is 0 Å². The molecule has 1 heterocycles.